The van der Waals surface area contributed by atoms with Crippen LogP contribution in [0.25, 0.3) is 21.9 Å². The predicted octanol–water partition coefficient (Wildman–Crippen LogP) is 6.20. The fourth-order valence-electron chi connectivity index (χ4n) is 1.82. The van der Waals surface area contributed by atoms with E-state index >= 15 is 0 Å². The van der Waals surface area contributed by atoms with Crippen molar-refractivity contribution in [3.8, 4) is 0 Å². The second kappa shape index (κ2) is 3.96. The first kappa shape index (κ1) is 11.5. The number of furan rings is 1. The molecule has 17 heavy (non-hydrogen) atoms. The van der Waals surface area contributed by atoms with Gasteiger partial charge in [-0.3, -0.25) is 0 Å². The number of benzene rings is 2. The molecular weight excluding hydrogens is 302 g/mol. The molecule has 5 heteroatoms. The smallest absolute Gasteiger partial charge is 0.157 e. The van der Waals surface area contributed by atoms with Crippen molar-refractivity contribution in [1.82, 2.24) is 0 Å². The second-order valence-electron chi connectivity index (χ2n) is 3.60. The van der Waals surface area contributed by atoms with E-state index in [2.05, 4.69) is 0 Å². The summed E-state index contributed by atoms with van der Waals surface area (Å²) in [6.45, 7) is 0. The summed E-state index contributed by atoms with van der Waals surface area (Å²) in [4.78, 5) is 0. The van der Waals surface area contributed by atoms with Crippen LogP contribution in [0.3, 0.4) is 0 Å². The summed E-state index contributed by atoms with van der Waals surface area (Å²) in [5.41, 5.74) is 1.13. The minimum atomic E-state index is 0.360. The Kier molecular flexibility index (Phi) is 2.68. The van der Waals surface area contributed by atoms with E-state index < -0.39 is 0 Å². The zero-order chi connectivity index (χ0) is 12.2. The van der Waals surface area contributed by atoms with Crippen molar-refractivity contribution >= 4 is 68.3 Å². The van der Waals surface area contributed by atoms with Crippen molar-refractivity contribution in [3.05, 3.63) is 44.4 Å². The molecule has 1 nitrogen and oxygen atoms in total. The highest BCUT2D eigenvalue weighted by atomic mass is 35.5. The molecule has 0 atom stereocenters. The molecule has 0 spiro atoms. The van der Waals surface area contributed by atoms with Crippen molar-refractivity contribution in [2.24, 2.45) is 0 Å². The predicted molar refractivity (Wildman–Crippen MR) is 73.8 cm³/mol. The van der Waals surface area contributed by atoms with Gasteiger partial charge < -0.3 is 4.42 Å². The van der Waals surface area contributed by atoms with Crippen LogP contribution in [0, 0.1) is 0 Å². The Morgan fingerprint density at radius 1 is 0.882 bits per heavy atom. The SMILES string of the molecule is Clc1ccc2c(c1)oc1c(Cl)c(Cl)cc(Cl)c12. The van der Waals surface area contributed by atoms with E-state index in [0.717, 1.165) is 10.8 Å². The average molecular weight is 306 g/mol. The Morgan fingerprint density at radius 2 is 1.65 bits per heavy atom. The van der Waals surface area contributed by atoms with Crippen LogP contribution >= 0.6 is 46.4 Å². The van der Waals surface area contributed by atoms with Gasteiger partial charge in [-0.2, -0.15) is 0 Å². The topological polar surface area (TPSA) is 13.1 Å². The summed E-state index contributed by atoms with van der Waals surface area (Å²) in [6, 6.07) is 6.95. The molecule has 0 saturated carbocycles. The lowest BCUT2D eigenvalue weighted by Crippen LogP contribution is -1.73. The number of hydrogen-bond donors (Lipinski definition) is 0. The fraction of sp³-hybridized carbons (Fsp3) is 0. The summed E-state index contributed by atoms with van der Waals surface area (Å²) in [5.74, 6) is 0. The molecule has 0 radical (unpaired) electrons. The van der Waals surface area contributed by atoms with Crippen molar-refractivity contribution in [2.45, 2.75) is 0 Å². The van der Waals surface area contributed by atoms with Gasteiger partial charge in [0.05, 0.1) is 10.0 Å². The monoisotopic (exact) mass is 304 g/mol. The van der Waals surface area contributed by atoms with Crippen molar-refractivity contribution in [1.29, 1.82) is 0 Å². The number of fused-ring (bicyclic) bond motifs is 3. The Morgan fingerprint density at radius 3 is 2.41 bits per heavy atom. The van der Waals surface area contributed by atoms with Crippen LogP contribution < -0.4 is 0 Å². The van der Waals surface area contributed by atoms with Crippen molar-refractivity contribution in [2.75, 3.05) is 0 Å². The van der Waals surface area contributed by atoms with E-state index in [1.54, 1.807) is 18.2 Å². The van der Waals surface area contributed by atoms with Gasteiger partial charge in [0.15, 0.2) is 5.58 Å². The van der Waals surface area contributed by atoms with Gasteiger partial charge in [0.2, 0.25) is 0 Å². The normalized spacial score (nSPS) is 11.5. The third-order valence-corrected chi connectivity index (χ3v) is 3.86. The Hall–Kier alpha value is -0.600. The minimum absolute atomic E-state index is 0.360. The maximum Gasteiger partial charge on any atom is 0.157 e. The molecular formula is C12H4Cl4O. The molecule has 0 bridgehead atoms. The highest BCUT2D eigenvalue weighted by Crippen LogP contribution is 2.41. The molecule has 1 heterocycles. The first-order chi connectivity index (χ1) is 8.08. The average Bonchev–Trinajstić information content (AvgIpc) is 2.64. The lowest BCUT2D eigenvalue weighted by atomic mass is 10.1. The van der Waals surface area contributed by atoms with E-state index in [-0.39, 0.29) is 0 Å². The van der Waals surface area contributed by atoms with Crippen LogP contribution in [0.4, 0.5) is 0 Å². The Bertz CT molecular complexity index is 745. The summed E-state index contributed by atoms with van der Waals surface area (Å²) in [7, 11) is 0. The van der Waals surface area contributed by atoms with Gasteiger partial charge in [-0.25, -0.2) is 0 Å². The molecule has 1 aromatic heterocycles. The van der Waals surface area contributed by atoms with Gasteiger partial charge in [-0.15, -0.1) is 0 Å². The van der Waals surface area contributed by atoms with Crippen molar-refractivity contribution in [3.63, 3.8) is 0 Å². The van der Waals surface area contributed by atoms with E-state index in [1.807, 2.05) is 6.07 Å². The third-order valence-electron chi connectivity index (χ3n) is 2.55. The standard InChI is InChI=1S/C12H4Cl4O/c13-5-1-2-6-9(3-5)17-12-10(6)7(14)4-8(15)11(12)16/h1-4H. The lowest BCUT2D eigenvalue weighted by molar-refractivity contribution is 0.669. The van der Waals surface area contributed by atoms with Gasteiger partial charge in [-0.1, -0.05) is 46.4 Å². The zero-order valence-electron chi connectivity index (χ0n) is 8.23. The van der Waals surface area contributed by atoms with E-state index in [1.165, 1.54) is 0 Å². The molecule has 0 N–H and O–H groups in total. The number of hydrogen-bond acceptors (Lipinski definition) is 1. The molecule has 0 aliphatic heterocycles. The summed E-state index contributed by atoms with van der Waals surface area (Å²) >= 11 is 24.1. The van der Waals surface area contributed by atoms with Gasteiger partial charge in [0.25, 0.3) is 0 Å². The number of rotatable bonds is 0. The van der Waals surface area contributed by atoms with Crippen molar-refractivity contribution < 1.29 is 4.42 Å². The lowest BCUT2D eigenvalue weighted by Gasteiger charge is -1.98. The van der Waals surface area contributed by atoms with Gasteiger partial charge in [0, 0.05) is 21.9 Å². The first-order valence-electron chi connectivity index (χ1n) is 4.73. The highest BCUT2D eigenvalue weighted by Gasteiger charge is 2.16. The maximum absolute atomic E-state index is 6.16. The maximum atomic E-state index is 6.16. The minimum Gasteiger partial charge on any atom is -0.454 e. The summed E-state index contributed by atoms with van der Waals surface area (Å²) in [6.07, 6.45) is 0. The molecule has 86 valence electrons. The number of halogens is 4. The fourth-order valence-corrected chi connectivity index (χ4v) is 2.71. The van der Waals surface area contributed by atoms with Crippen LogP contribution in [0.2, 0.25) is 20.1 Å². The molecule has 0 aliphatic carbocycles. The van der Waals surface area contributed by atoms with Gasteiger partial charge in [-0.05, 0) is 18.2 Å². The zero-order valence-corrected chi connectivity index (χ0v) is 11.3. The summed E-state index contributed by atoms with van der Waals surface area (Å²) < 4.78 is 5.64. The molecule has 3 rings (SSSR count). The quantitative estimate of drug-likeness (QED) is 0.451. The Labute approximate surface area is 117 Å². The van der Waals surface area contributed by atoms with E-state index in [4.69, 9.17) is 50.8 Å². The molecule has 0 unspecified atom stereocenters. The van der Waals surface area contributed by atoms with Crippen LogP contribution in [-0.4, -0.2) is 0 Å². The van der Waals surface area contributed by atoms with Gasteiger partial charge in [0.1, 0.15) is 10.6 Å². The molecule has 0 amide bonds. The second-order valence-corrected chi connectivity index (χ2v) is 5.23. The molecule has 3 aromatic rings. The summed E-state index contributed by atoms with van der Waals surface area (Å²) in [5, 5.41) is 3.46. The highest BCUT2D eigenvalue weighted by molar-refractivity contribution is 6.48. The molecule has 0 fully saturated rings. The Balaban J connectivity index is 2.60. The van der Waals surface area contributed by atoms with E-state index in [0.29, 0.717) is 31.3 Å². The van der Waals surface area contributed by atoms with Crippen LogP contribution in [0.1, 0.15) is 0 Å². The van der Waals surface area contributed by atoms with E-state index in [9.17, 15) is 0 Å². The first-order valence-corrected chi connectivity index (χ1v) is 6.24. The molecule has 2 aromatic carbocycles. The molecule has 0 aliphatic rings. The van der Waals surface area contributed by atoms with Crippen LogP contribution in [-0.2, 0) is 0 Å². The third kappa shape index (κ3) is 1.69. The van der Waals surface area contributed by atoms with Crippen LogP contribution in [0.5, 0.6) is 0 Å². The van der Waals surface area contributed by atoms with Gasteiger partial charge >= 0.3 is 0 Å². The molecule has 0 saturated heterocycles. The largest absolute Gasteiger partial charge is 0.454 e. The van der Waals surface area contributed by atoms with Crippen LogP contribution in [0.15, 0.2) is 28.7 Å².